The van der Waals surface area contributed by atoms with Crippen LogP contribution in [0.15, 0.2) is 0 Å². The lowest BCUT2D eigenvalue weighted by molar-refractivity contribution is -0.119. The molecular weight excluding hydrogens is 194 g/mol. The molecule has 1 rings (SSSR count). The zero-order chi connectivity index (χ0) is 11.6. The van der Waals surface area contributed by atoms with Crippen molar-refractivity contribution in [3.05, 3.63) is 0 Å². The number of nitrogens with one attached hydrogen (secondary N) is 1. The van der Waals surface area contributed by atoms with Gasteiger partial charge in [0, 0.05) is 6.42 Å². The number of ether oxygens (including phenoxy) is 1. The average molecular weight is 213 g/mol. The summed E-state index contributed by atoms with van der Waals surface area (Å²) >= 11 is 0. The van der Waals surface area contributed by atoms with Crippen molar-refractivity contribution >= 4 is 11.9 Å². The van der Waals surface area contributed by atoms with Gasteiger partial charge in [-0.15, -0.1) is 0 Å². The van der Waals surface area contributed by atoms with Crippen molar-refractivity contribution in [2.75, 3.05) is 0 Å². The van der Waals surface area contributed by atoms with E-state index in [2.05, 4.69) is 5.32 Å². The van der Waals surface area contributed by atoms with Crippen molar-refractivity contribution in [3.63, 3.8) is 0 Å². The van der Waals surface area contributed by atoms with Crippen molar-refractivity contribution in [1.29, 1.82) is 0 Å². The van der Waals surface area contributed by atoms with E-state index in [0.29, 0.717) is 6.42 Å². The lowest BCUT2D eigenvalue weighted by Gasteiger charge is -2.22. The maximum Gasteiger partial charge on any atom is 0.408 e. The topological polar surface area (TPSA) is 55.4 Å². The van der Waals surface area contributed by atoms with Crippen LogP contribution in [0, 0.1) is 5.92 Å². The predicted octanol–water partition coefficient (Wildman–Crippen LogP) is 1.88. The van der Waals surface area contributed by atoms with Crippen LogP contribution < -0.4 is 5.32 Å². The van der Waals surface area contributed by atoms with Gasteiger partial charge in [-0.25, -0.2) is 4.79 Å². The maximum atomic E-state index is 11.4. The molecule has 0 aliphatic heterocycles. The first kappa shape index (κ1) is 12.0. The highest BCUT2D eigenvalue weighted by molar-refractivity contribution is 5.89. The molecule has 2 atom stereocenters. The molecule has 4 nitrogen and oxygen atoms in total. The van der Waals surface area contributed by atoms with Gasteiger partial charge in [-0.3, -0.25) is 4.79 Å². The first-order chi connectivity index (χ1) is 6.79. The SMILES string of the molecule is C[C@H]1CCC(=O)[C@H]1NC(=O)OC(C)(C)C. The quantitative estimate of drug-likeness (QED) is 0.723. The first-order valence-corrected chi connectivity index (χ1v) is 5.32. The van der Waals surface area contributed by atoms with Crippen LogP contribution in [0.4, 0.5) is 4.79 Å². The summed E-state index contributed by atoms with van der Waals surface area (Å²) in [5.41, 5.74) is -0.519. The maximum absolute atomic E-state index is 11.4. The molecule has 1 amide bonds. The number of ketones is 1. The molecule has 0 spiro atoms. The minimum atomic E-state index is -0.519. The normalized spacial score (nSPS) is 26.5. The molecule has 1 aliphatic carbocycles. The average Bonchev–Trinajstić information content (AvgIpc) is 2.32. The molecule has 0 heterocycles. The van der Waals surface area contributed by atoms with Crippen molar-refractivity contribution in [1.82, 2.24) is 5.32 Å². The van der Waals surface area contributed by atoms with Gasteiger partial charge in [-0.2, -0.15) is 0 Å². The highest BCUT2D eigenvalue weighted by Crippen LogP contribution is 2.22. The van der Waals surface area contributed by atoms with E-state index in [4.69, 9.17) is 4.74 Å². The number of amides is 1. The third kappa shape index (κ3) is 3.53. The van der Waals surface area contributed by atoms with Crippen molar-refractivity contribution < 1.29 is 14.3 Å². The van der Waals surface area contributed by atoms with Gasteiger partial charge in [-0.05, 0) is 33.1 Å². The molecule has 1 saturated carbocycles. The van der Waals surface area contributed by atoms with E-state index in [0.717, 1.165) is 6.42 Å². The molecule has 1 N–H and O–H groups in total. The molecule has 0 radical (unpaired) electrons. The zero-order valence-electron chi connectivity index (χ0n) is 9.79. The van der Waals surface area contributed by atoms with Gasteiger partial charge in [0.25, 0.3) is 0 Å². The standard InChI is InChI=1S/C11H19NO3/c1-7-5-6-8(13)9(7)12-10(14)15-11(2,3)4/h7,9H,5-6H2,1-4H3,(H,12,14)/t7-,9-/m0/s1. The number of hydrogen-bond acceptors (Lipinski definition) is 3. The lowest BCUT2D eigenvalue weighted by Crippen LogP contribution is -2.43. The lowest BCUT2D eigenvalue weighted by atomic mass is 10.1. The Kier molecular flexibility index (Phi) is 3.37. The molecule has 0 bridgehead atoms. The summed E-state index contributed by atoms with van der Waals surface area (Å²) in [6, 6.07) is -0.361. The van der Waals surface area contributed by atoms with Crippen LogP contribution in [0.5, 0.6) is 0 Å². The van der Waals surface area contributed by atoms with Crippen LogP contribution in [0.1, 0.15) is 40.5 Å². The third-order valence-electron chi connectivity index (χ3n) is 2.43. The fourth-order valence-corrected chi connectivity index (χ4v) is 1.67. The van der Waals surface area contributed by atoms with Gasteiger partial charge >= 0.3 is 6.09 Å². The largest absolute Gasteiger partial charge is 0.444 e. The highest BCUT2D eigenvalue weighted by atomic mass is 16.6. The Balaban J connectivity index is 2.48. The summed E-state index contributed by atoms with van der Waals surface area (Å²) in [5, 5.41) is 2.62. The molecule has 0 aromatic heterocycles. The summed E-state index contributed by atoms with van der Waals surface area (Å²) in [7, 11) is 0. The number of rotatable bonds is 1. The van der Waals surface area contributed by atoms with Crippen LogP contribution >= 0.6 is 0 Å². The molecule has 4 heteroatoms. The number of alkyl carbamates (subject to hydrolysis) is 1. The van der Waals surface area contributed by atoms with Gasteiger partial charge in [0.2, 0.25) is 0 Å². The molecule has 15 heavy (non-hydrogen) atoms. The molecule has 0 aromatic carbocycles. The Bertz CT molecular complexity index is 267. The molecule has 0 unspecified atom stereocenters. The Morgan fingerprint density at radius 2 is 2.07 bits per heavy atom. The number of Topliss-reactive ketones (excluding diaryl/α,β-unsaturated/α-hetero) is 1. The Morgan fingerprint density at radius 3 is 2.47 bits per heavy atom. The second-order valence-corrected chi connectivity index (χ2v) is 5.11. The van der Waals surface area contributed by atoms with Gasteiger partial charge in [-0.1, -0.05) is 6.92 Å². The van der Waals surface area contributed by atoms with E-state index in [1.807, 2.05) is 6.92 Å². The minimum absolute atomic E-state index is 0.105. The van der Waals surface area contributed by atoms with Crippen molar-refractivity contribution in [2.24, 2.45) is 5.92 Å². The van der Waals surface area contributed by atoms with Crippen LogP contribution in [-0.4, -0.2) is 23.5 Å². The van der Waals surface area contributed by atoms with Crippen LogP contribution in [-0.2, 0) is 9.53 Å². The Labute approximate surface area is 90.4 Å². The van der Waals surface area contributed by atoms with Crippen LogP contribution in [0.3, 0.4) is 0 Å². The fourth-order valence-electron chi connectivity index (χ4n) is 1.67. The van der Waals surface area contributed by atoms with Crippen LogP contribution in [0.2, 0.25) is 0 Å². The second-order valence-electron chi connectivity index (χ2n) is 5.11. The summed E-state index contributed by atoms with van der Waals surface area (Å²) in [6.07, 6.45) is 0.899. The summed E-state index contributed by atoms with van der Waals surface area (Å²) in [4.78, 5) is 22.8. The Hall–Kier alpha value is -1.06. The first-order valence-electron chi connectivity index (χ1n) is 5.32. The molecule has 1 aliphatic rings. The van der Waals surface area contributed by atoms with E-state index in [1.54, 1.807) is 20.8 Å². The number of carbonyl (C=O) groups excluding carboxylic acids is 2. The molecule has 1 fully saturated rings. The summed E-state index contributed by atoms with van der Waals surface area (Å²) in [6.45, 7) is 7.36. The van der Waals surface area contributed by atoms with Crippen molar-refractivity contribution in [2.45, 2.75) is 52.2 Å². The van der Waals surface area contributed by atoms with Gasteiger partial charge < -0.3 is 10.1 Å². The van der Waals surface area contributed by atoms with Crippen LogP contribution in [0.25, 0.3) is 0 Å². The fraction of sp³-hybridized carbons (Fsp3) is 0.818. The van der Waals surface area contributed by atoms with E-state index in [9.17, 15) is 9.59 Å². The van der Waals surface area contributed by atoms with E-state index in [1.165, 1.54) is 0 Å². The number of carbonyl (C=O) groups is 2. The minimum Gasteiger partial charge on any atom is -0.444 e. The third-order valence-corrected chi connectivity index (χ3v) is 2.43. The van der Waals surface area contributed by atoms with E-state index < -0.39 is 11.7 Å². The molecule has 0 saturated heterocycles. The number of hydrogen-bond donors (Lipinski definition) is 1. The summed E-state index contributed by atoms with van der Waals surface area (Å²) in [5.74, 6) is 0.318. The van der Waals surface area contributed by atoms with Gasteiger partial charge in [0.05, 0.1) is 6.04 Å². The molecular formula is C11H19NO3. The Morgan fingerprint density at radius 1 is 1.47 bits per heavy atom. The molecule has 86 valence electrons. The smallest absolute Gasteiger partial charge is 0.408 e. The highest BCUT2D eigenvalue weighted by Gasteiger charge is 2.33. The second kappa shape index (κ2) is 4.21. The van der Waals surface area contributed by atoms with Gasteiger partial charge in [0.15, 0.2) is 5.78 Å². The van der Waals surface area contributed by atoms with E-state index in [-0.39, 0.29) is 17.7 Å². The summed E-state index contributed by atoms with van der Waals surface area (Å²) < 4.78 is 5.09. The monoisotopic (exact) mass is 213 g/mol. The molecule has 0 aromatic rings. The van der Waals surface area contributed by atoms with Crippen molar-refractivity contribution in [3.8, 4) is 0 Å². The zero-order valence-corrected chi connectivity index (χ0v) is 9.79. The predicted molar refractivity (Wildman–Crippen MR) is 56.6 cm³/mol. The van der Waals surface area contributed by atoms with Gasteiger partial charge in [0.1, 0.15) is 5.60 Å². The van der Waals surface area contributed by atoms with E-state index >= 15 is 0 Å².